The first-order valence-corrected chi connectivity index (χ1v) is 9.22. The van der Waals surface area contributed by atoms with Crippen LogP contribution in [0.1, 0.15) is 21.5 Å². The summed E-state index contributed by atoms with van der Waals surface area (Å²) in [6, 6.07) is 3.86. The summed E-state index contributed by atoms with van der Waals surface area (Å²) in [7, 11) is 7.95. The summed E-state index contributed by atoms with van der Waals surface area (Å²) in [5, 5.41) is 4.09. The molecule has 3 rings (SSSR count). The van der Waals surface area contributed by atoms with E-state index in [1.165, 1.54) is 16.7 Å². The van der Waals surface area contributed by atoms with E-state index in [2.05, 4.69) is 5.10 Å². The molecular formula is C20H26N4O5. The lowest BCUT2D eigenvalue weighted by Crippen LogP contribution is -2.43. The second-order valence-corrected chi connectivity index (χ2v) is 6.93. The minimum atomic E-state index is -0.313. The Morgan fingerprint density at radius 1 is 1.10 bits per heavy atom. The van der Waals surface area contributed by atoms with E-state index in [0.717, 1.165) is 17.5 Å². The van der Waals surface area contributed by atoms with E-state index in [1.54, 1.807) is 39.4 Å². The Morgan fingerprint density at radius 2 is 1.76 bits per heavy atom. The third kappa shape index (κ3) is 4.13. The summed E-state index contributed by atoms with van der Waals surface area (Å²) in [4.78, 5) is 28.6. The van der Waals surface area contributed by atoms with E-state index in [-0.39, 0.29) is 24.2 Å². The van der Waals surface area contributed by atoms with Crippen LogP contribution in [-0.2, 0) is 24.8 Å². The second-order valence-electron chi connectivity index (χ2n) is 6.93. The minimum Gasteiger partial charge on any atom is -0.493 e. The van der Waals surface area contributed by atoms with Gasteiger partial charge in [0.15, 0.2) is 11.5 Å². The third-order valence-electron chi connectivity index (χ3n) is 5.01. The normalized spacial score (nSPS) is 12.9. The zero-order valence-corrected chi connectivity index (χ0v) is 17.4. The maximum Gasteiger partial charge on any atom is 0.261 e. The standard InChI is InChI=1S/C20H26N4O5/c1-22(20(26)15-11-23(2)21-19(15)29-5)12-18(25)24-7-6-13-8-16(27-3)17(28-4)9-14(13)10-24/h8-9,11H,6-7,10,12H2,1-5H3. The van der Waals surface area contributed by atoms with E-state index in [9.17, 15) is 9.59 Å². The molecule has 2 amide bonds. The van der Waals surface area contributed by atoms with Crippen LogP contribution in [0.3, 0.4) is 0 Å². The Morgan fingerprint density at radius 3 is 2.38 bits per heavy atom. The molecule has 156 valence electrons. The zero-order chi connectivity index (χ0) is 21.1. The molecule has 2 aromatic rings. The van der Waals surface area contributed by atoms with Crippen molar-refractivity contribution in [1.82, 2.24) is 19.6 Å². The van der Waals surface area contributed by atoms with Gasteiger partial charge in [-0.2, -0.15) is 0 Å². The van der Waals surface area contributed by atoms with E-state index in [1.807, 2.05) is 12.1 Å². The monoisotopic (exact) mass is 402 g/mol. The topological polar surface area (TPSA) is 86.1 Å². The molecule has 0 unspecified atom stereocenters. The molecule has 1 aromatic heterocycles. The summed E-state index contributed by atoms with van der Waals surface area (Å²) in [5.41, 5.74) is 2.48. The van der Waals surface area contributed by atoms with Gasteiger partial charge in [-0.15, -0.1) is 5.10 Å². The number of ether oxygens (including phenoxy) is 3. The summed E-state index contributed by atoms with van der Waals surface area (Å²) in [6.45, 7) is 1.02. The van der Waals surface area contributed by atoms with Crippen molar-refractivity contribution in [2.45, 2.75) is 13.0 Å². The largest absolute Gasteiger partial charge is 0.493 e. The maximum absolute atomic E-state index is 12.8. The Balaban J connectivity index is 1.69. The number of amides is 2. The number of methoxy groups -OCH3 is 3. The van der Waals surface area contributed by atoms with Crippen molar-refractivity contribution in [1.29, 1.82) is 0 Å². The molecule has 0 saturated heterocycles. The third-order valence-corrected chi connectivity index (χ3v) is 5.01. The van der Waals surface area contributed by atoms with Gasteiger partial charge in [0.25, 0.3) is 5.91 Å². The molecule has 0 fully saturated rings. The summed E-state index contributed by atoms with van der Waals surface area (Å²) in [5.74, 6) is 1.12. The van der Waals surface area contributed by atoms with Gasteiger partial charge in [-0.1, -0.05) is 0 Å². The van der Waals surface area contributed by atoms with Crippen molar-refractivity contribution < 1.29 is 23.8 Å². The van der Waals surface area contributed by atoms with Crippen molar-refractivity contribution in [3.8, 4) is 17.4 Å². The van der Waals surface area contributed by atoms with Crippen molar-refractivity contribution in [2.75, 3.05) is 41.5 Å². The molecule has 1 aliphatic rings. The number of rotatable bonds is 6. The highest BCUT2D eigenvalue weighted by Gasteiger charge is 2.26. The molecule has 1 aromatic carbocycles. The van der Waals surface area contributed by atoms with E-state index < -0.39 is 0 Å². The molecule has 0 saturated carbocycles. The number of hydrogen-bond acceptors (Lipinski definition) is 6. The highest BCUT2D eigenvalue weighted by Crippen LogP contribution is 2.33. The van der Waals surface area contributed by atoms with Gasteiger partial charge < -0.3 is 24.0 Å². The molecule has 2 heterocycles. The predicted molar refractivity (Wildman–Crippen MR) is 105 cm³/mol. The number of carbonyl (C=O) groups excluding carboxylic acids is 2. The Hall–Kier alpha value is -3.23. The molecular weight excluding hydrogens is 376 g/mol. The highest BCUT2D eigenvalue weighted by atomic mass is 16.5. The molecule has 0 atom stereocenters. The number of nitrogens with zero attached hydrogens (tertiary/aromatic N) is 4. The van der Waals surface area contributed by atoms with Crippen LogP contribution in [0.15, 0.2) is 18.3 Å². The van der Waals surface area contributed by atoms with E-state index >= 15 is 0 Å². The smallest absolute Gasteiger partial charge is 0.261 e. The van der Waals surface area contributed by atoms with E-state index in [4.69, 9.17) is 14.2 Å². The summed E-state index contributed by atoms with van der Waals surface area (Å²) in [6.07, 6.45) is 2.30. The maximum atomic E-state index is 12.8. The van der Waals surface area contributed by atoms with Gasteiger partial charge in [0.05, 0.1) is 27.9 Å². The van der Waals surface area contributed by atoms with Gasteiger partial charge in [0.1, 0.15) is 5.56 Å². The van der Waals surface area contributed by atoms with Crippen LogP contribution >= 0.6 is 0 Å². The van der Waals surface area contributed by atoms with Crippen LogP contribution in [0.25, 0.3) is 0 Å². The number of carbonyl (C=O) groups is 2. The summed E-state index contributed by atoms with van der Waals surface area (Å²) >= 11 is 0. The SMILES string of the molecule is COc1cc2c(cc1OC)CN(C(=O)CN(C)C(=O)c1cn(C)nc1OC)CC2. The molecule has 29 heavy (non-hydrogen) atoms. The molecule has 9 heteroatoms. The van der Waals surface area contributed by atoms with Gasteiger partial charge in [0.2, 0.25) is 11.8 Å². The lowest BCUT2D eigenvalue weighted by Gasteiger charge is -2.31. The Kier molecular flexibility index (Phi) is 5.95. The number of hydrogen-bond donors (Lipinski definition) is 0. The van der Waals surface area contributed by atoms with Crippen molar-refractivity contribution in [3.63, 3.8) is 0 Å². The molecule has 0 aliphatic carbocycles. The average molecular weight is 402 g/mol. The number of benzene rings is 1. The van der Waals surface area contributed by atoms with Gasteiger partial charge >= 0.3 is 0 Å². The Bertz CT molecular complexity index is 924. The van der Waals surface area contributed by atoms with Crippen molar-refractivity contribution in [3.05, 3.63) is 35.0 Å². The van der Waals surface area contributed by atoms with Crippen LogP contribution in [-0.4, -0.2) is 72.9 Å². The molecule has 0 spiro atoms. The molecule has 0 radical (unpaired) electrons. The van der Waals surface area contributed by atoms with Crippen LogP contribution in [0.2, 0.25) is 0 Å². The first-order chi connectivity index (χ1) is 13.9. The van der Waals surface area contributed by atoms with Crippen LogP contribution < -0.4 is 14.2 Å². The van der Waals surface area contributed by atoms with Crippen LogP contribution in [0.5, 0.6) is 17.4 Å². The van der Waals surface area contributed by atoms with Crippen LogP contribution in [0, 0.1) is 0 Å². The molecule has 0 bridgehead atoms. The van der Waals surface area contributed by atoms with Gasteiger partial charge in [0, 0.05) is 33.4 Å². The highest BCUT2D eigenvalue weighted by molar-refractivity contribution is 5.98. The fourth-order valence-electron chi connectivity index (χ4n) is 3.44. The van der Waals surface area contributed by atoms with Crippen molar-refractivity contribution in [2.24, 2.45) is 7.05 Å². The van der Waals surface area contributed by atoms with Gasteiger partial charge in [-0.05, 0) is 29.7 Å². The average Bonchev–Trinajstić information content (AvgIpc) is 3.12. The Labute approximate surface area is 169 Å². The number of likely N-dealkylation sites (N-methyl/N-ethyl adjacent to an activating group) is 1. The molecule has 0 N–H and O–H groups in total. The summed E-state index contributed by atoms with van der Waals surface area (Å²) < 4.78 is 17.4. The van der Waals surface area contributed by atoms with Gasteiger partial charge in [-0.3, -0.25) is 14.3 Å². The predicted octanol–water partition coefficient (Wildman–Crippen LogP) is 1.10. The van der Waals surface area contributed by atoms with E-state index in [0.29, 0.717) is 30.2 Å². The molecule has 1 aliphatic heterocycles. The minimum absolute atomic E-state index is 0.0283. The zero-order valence-electron chi connectivity index (χ0n) is 17.4. The number of aryl methyl sites for hydroxylation is 1. The van der Waals surface area contributed by atoms with Crippen LogP contribution in [0.4, 0.5) is 0 Å². The first-order valence-electron chi connectivity index (χ1n) is 9.22. The number of fused-ring (bicyclic) bond motifs is 1. The lowest BCUT2D eigenvalue weighted by molar-refractivity contribution is -0.132. The quantitative estimate of drug-likeness (QED) is 0.719. The first kappa shape index (κ1) is 20.5. The number of aromatic nitrogens is 2. The lowest BCUT2D eigenvalue weighted by atomic mass is 9.98. The van der Waals surface area contributed by atoms with Gasteiger partial charge in [-0.25, -0.2) is 0 Å². The molecule has 9 nitrogen and oxygen atoms in total. The second kappa shape index (κ2) is 8.42. The fourth-order valence-corrected chi connectivity index (χ4v) is 3.44. The van der Waals surface area contributed by atoms with Crippen molar-refractivity contribution >= 4 is 11.8 Å². The fraction of sp³-hybridized carbons (Fsp3) is 0.450.